The highest BCUT2D eigenvalue weighted by atomic mass is 127. The van der Waals surface area contributed by atoms with Gasteiger partial charge in [0.2, 0.25) is 5.91 Å². The number of rotatable bonds is 8. The lowest BCUT2D eigenvalue weighted by Gasteiger charge is -2.33. The molecule has 1 atom stereocenters. The summed E-state index contributed by atoms with van der Waals surface area (Å²) in [7, 11) is 1.59. The average Bonchev–Trinajstić information content (AvgIpc) is 2.59. The molecule has 1 amide bonds. The first kappa shape index (κ1) is 23.9. The van der Waals surface area contributed by atoms with Crippen LogP contribution in [0.4, 0.5) is 0 Å². The lowest BCUT2D eigenvalue weighted by Crippen LogP contribution is -2.48. The maximum Gasteiger partial charge on any atom is 0.310 e. The number of nitrogens with zero attached hydrogens (tertiary/aromatic N) is 2. The molecule has 0 aromatic rings. The van der Waals surface area contributed by atoms with Gasteiger partial charge < -0.3 is 25.0 Å². The third-order valence-corrected chi connectivity index (χ3v) is 3.68. The molecule has 1 saturated heterocycles. The topological polar surface area (TPSA) is 92.3 Å². The van der Waals surface area contributed by atoms with E-state index in [2.05, 4.69) is 15.6 Å². The van der Waals surface area contributed by atoms with Gasteiger partial charge in [0, 0.05) is 33.3 Å². The SMILES string of the molecule is CCNC(=NCC(=O)NCCOC)N1CCCC(C(=O)OCC)C1.I. The molecule has 0 spiro atoms. The summed E-state index contributed by atoms with van der Waals surface area (Å²) in [4.78, 5) is 30.1. The number of amides is 1. The zero-order chi connectivity index (χ0) is 17.8. The Kier molecular flexibility index (Phi) is 13.5. The minimum absolute atomic E-state index is 0. The van der Waals surface area contributed by atoms with Crippen LogP contribution in [0.5, 0.6) is 0 Å². The molecular formula is C16H31IN4O4. The number of hydrogen-bond acceptors (Lipinski definition) is 5. The summed E-state index contributed by atoms with van der Waals surface area (Å²) in [6.07, 6.45) is 1.72. The van der Waals surface area contributed by atoms with Gasteiger partial charge in [-0.2, -0.15) is 0 Å². The minimum atomic E-state index is -0.157. The van der Waals surface area contributed by atoms with E-state index < -0.39 is 0 Å². The second kappa shape index (κ2) is 14.1. The van der Waals surface area contributed by atoms with Crippen molar-refractivity contribution < 1.29 is 19.1 Å². The Labute approximate surface area is 167 Å². The van der Waals surface area contributed by atoms with E-state index in [1.807, 2.05) is 18.7 Å². The van der Waals surface area contributed by atoms with E-state index in [0.29, 0.717) is 38.8 Å². The summed E-state index contributed by atoms with van der Waals surface area (Å²) in [5.74, 6) is 0.211. The number of carbonyl (C=O) groups is 2. The maximum absolute atomic E-state index is 12.0. The van der Waals surface area contributed by atoms with Gasteiger partial charge in [0.1, 0.15) is 6.54 Å². The lowest BCUT2D eigenvalue weighted by molar-refractivity contribution is -0.149. The number of likely N-dealkylation sites (tertiary alicyclic amines) is 1. The zero-order valence-electron chi connectivity index (χ0n) is 15.4. The van der Waals surface area contributed by atoms with Gasteiger partial charge in [0.25, 0.3) is 0 Å². The van der Waals surface area contributed by atoms with Crippen molar-refractivity contribution in [1.82, 2.24) is 15.5 Å². The van der Waals surface area contributed by atoms with E-state index in [0.717, 1.165) is 19.4 Å². The molecule has 1 fully saturated rings. The van der Waals surface area contributed by atoms with Gasteiger partial charge in [-0.1, -0.05) is 0 Å². The van der Waals surface area contributed by atoms with Crippen LogP contribution in [0.3, 0.4) is 0 Å². The van der Waals surface area contributed by atoms with Crippen LogP contribution in [0.1, 0.15) is 26.7 Å². The summed E-state index contributed by atoms with van der Waals surface area (Å²) in [5.41, 5.74) is 0. The monoisotopic (exact) mass is 470 g/mol. The predicted molar refractivity (Wildman–Crippen MR) is 107 cm³/mol. The molecule has 0 aromatic heterocycles. The Hall–Kier alpha value is -1.10. The normalized spacial score (nSPS) is 17.5. The van der Waals surface area contributed by atoms with Gasteiger partial charge in [-0.3, -0.25) is 9.59 Å². The van der Waals surface area contributed by atoms with Crippen LogP contribution in [0.25, 0.3) is 0 Å². The van der Waals surface area contributed by atoms with E-state index in [-0.39, 0.29) is 48.3 Å². The van der Waals surface area contributed by atoms with Crippen molar-refractivity contribution in [3.8, 4) is 0 Å². The van der Waals surface area contributed by atoms with Crippen LogP contribution >= 0.6 is 24.0 Å². The molecule has 1 aliphatic rings. The molecule has 146 valence electrons. The summed E-state index contributed by atoms with van der Waals surface area (Å²) < 4.78 is 10.0. The van der Waals surface area contributed by atoms with Crippen LogP contribution in [0.2, 0.25) is 0 Å². The lowest BCUT2D eigenvalue weighted by atomic mass is 9.98. The Morgan fingerprint density at radius 3 is 2.68 bits per heavy atom. The first-order valence-corrected chi connectivity index (χ1v) is 8.57. The number of ether oxygens (including phenoxy) is 2. The molecule has 0 bridgehead atoms. The molecule has 1 aliphatic heterocycles. The van der Waals surface area contributed by atoms with Crippen molar-refractivity contribution >= 4 is 41.8 Å². The van der Waals surface area contributed by atoms with Gasteiger partial charge in [0.05, 0.1) is 19.1 Å². The van der Waals surface area contributed by atoms with Gasteiger partial charge in [-0.25, -0.2) is 4.99 Å². The first-order chi connectivity index (χ1) is 11.6. The Balaban J connectivity index is 0.00000576. The number of halogens is 1. The summed E-state index contributed by atoms with van der Waals surface area (Å²) in [6, 6.07) is 0. The molecule has 1 heterocycles. The second-order valence-corrected chi connectivity index (χ2v) is 5.55. The van der Waals surface area contributed by atoms with Crippen LogP contribution in [0, 0.1) is 5.92 Å². The van der Waals surface area contributed by atoms with Crippen LogP contribution in [-0.2, 0) is 19.1 Å². The van der Waals surface area contributed by atoms with E-state index in [1.54, 1.807) is 7.11 Å². The fourth-order valence-electron chi connectivity index (χ4n) is 2.54. The van der Waals surface area contributed by atoms with Crippen LogP contribution in [-0.4, -0.2) is 75.8 Å². The smallest absolute Gasteiger partial charge is 0.310 e. The molecule has 25 heavy (non-hydrogen) atoms. The Morgan fingerprint density at radius 2 is 2.04 bits per heavy atom. The number of esters is 1. The van der Waals surface area contributed by atoms with Crippen molar-refractivity contribution in [2.24, 2.45) is 10.9 Å². The highest BCUT2D eigenvalue weighted by Crippen LogP contribution is 2.18. The molecule has 0 saturated carbocycles. The number of carbonyl (C=O) groups excluding carboxylic acids is 2. The summed E-state index contributed by atoms with van der Waals surface area (Å²) in [6.45, 7) is 7.25. The third kappa shape index (κ3) is 9.24. The number of aliphatic imine (C=N–C) groups is 1. The Bertz CT molecular complexity index is 434. The highest BCUT2D eigenvalue weighted by molar-refractivity contribution is 14.0. The van der Waals surface area contributed by atoms with Crippen molar-refractivity contribution in [3.63, 3.8) is 0 Å². The number of methoxy groups -OCH3 is 1. The number of piperidine rings is 1. The standard InChI is InChI=1S/C16H30N4O4.HI/c1-4-17-16(19-11-14(21)18-8-10-23-3)20-9-6-7-13(12-20)15(22)24-5-2;/h13H,4-12H2,1-3H3,(H,17,19)(H,18,21);1H. The fourth-order valence-corrected chi connectivity index (χ4v) is 2.54. The average molecular weight is 470 g/mol. The third-order valence-electron chi connectivity index (χ3n) is 3.68. The molecule has 1 rings (SSSR count). The number of hydrogen-bond donors (Lipinski definition) is 2. The van der Waals surface area contributed by atoms with E-state index >= 15 is 0 Å². The van der Waals surface area contributed by atoms with Gasteiger partial charge in [0.15, 0.2) is 5.96 Å². The highest BCUT2D eigenvalue weighted by Gasteiger charge is 2.28. The molecule has 1 unspecified atom stereocenters. The summed E-state index contributed by atoms with van der Waals surface area (Å²) in [5, 5.41) is 5.92. The van der Waals surface area contributed by atoms with Crippen molar-refractivity contribution in [2.45, 2.75) is 26.7 Å². The molecule has 8 nitrogen and oxygen atoms in total. The number of nitrogens with one attached hydrogen (secondary N) is 2. The zero-order valence-corrected chi connectivity index (χ0v) is 17.7. The first-order valence-electron chi connectivity index (χ1n) is 8.57. The predicted octanol–water partition coefficient (Wildman–Crippen LogP) is 0.608. The van der Waals surface area contributed by atoms with E-state index in [1.165, 1.54) is 0 Å². The molecular weight excluding hydrogens is 439 g/mol. The maximum atomic E-state index is 12.0. The van der Waals surface area contributed by atoms with Crippen molar-refractivity contribution in [3.05, 3.63) is 0 Å². The van der Waals surface area contributed by atoms with E-state index in [4.69, 9.17) is 9.47 Å². The van der Waals surface area contributed by atoms with E-state index in [9.17, 15) is 9.59 Å². The van der Waals surface area contributed by atoms with Gasteiger partial charge >= 0.3 is 5.97 Å². The molecule has 0 aliphatic carbocycles. The second-order valence-electron chi connectivity index (χ2n) is 5.55. The summed E-state index contributed by atoms with van der Waals surface area (Å²) >= 11 is 0. The molecule has 9 heteroatoms. The van der Waals surface area contributed by atoms with Crippen molar-refractivity contribution in [2.75, 3.05) is 53.0 Å². The largest absolute Gasteiger partial charge is 0.466 e. The number of guanidine groups is 1. The minimum Gasteiger partial charge on any atom is -0.466 e. The van der Waals surface area contributed by atoms with Crippen molar-refractivity contribution in [1.29, 1.82) is 0 Å². The quantitative estimate of drug-likeness (QED) is 0.178. The molecule has 0 radical (unpaired) electrons. The fraction of sp³-hybridized carbons (Fsp3) is 0.812. The van der Waals surface area contributed by atoms with Crippen LogP contribution < -0.4 is 10.6 Å². The van der Waals surface area contributed by atoms with Gasteiger partial charge in [-0.05, 0) is 26.7 Å². The van der Waals surface area contributed by atoms with Gasteiger partial charge in [-0.15, -0.1) is 24.0 Å². The molecule has 0 aromatic carbocycles. The molecule has 2 N–H and O–H groups in total. The Morgan fingerprint density at radius 1 is 1.28 bits per heavy atom. The van der Waals surface area contributed by atoms with Crippen LogP contribution in [0.15, 0.2) is 4.99 Å².